The molecule has 176 valence electrons. The van der Waals surface area contributed by atoms with Gasteiger partial charge in [0, 0.05) is 17.6 Å². The minimum Gasteiger partial charge on any atom is -0.342 e. The van der Waals surface area contributed by atoms with Gasteiger partial charge in [-0.2, -0.15) is 0 Å². The number of nitrogens with zero attached hydrogens (tertiary/aromatic N) is 3. The molecule has 3 rings (SSSR count). The Labute approximate surface area is 197 Å². The van der Waals surface area contributed by atoms with E-state index in [4.69, 9.17) is 4.98 Å². The number of hydrogen-bond donors (Lipinski definition) is 1. The quantitative estimate of drug-likeness (QED) is 0.485. The van der Waals surface area contributed by atoms with E-state index in [1.54, 1.807) is 0 Å². The number of para-hydroxylation sites is 2. The molecular weight excluding hydrogens is 412 g/mol. The molecular formula is C27H36N4O2. The first-order valence-corrected chi connectivity index (χ1v) is 11.9. The van der Waals surface area contributed by atoms with Crippen LogP contribution in [0.3, 0.4) is 0 Å². The van der Waals surface area contributed by atoms with Gasteiger partial charge in [-0.25, -0.2) is 4.98 Å². The highest BCUT2D eigenvalue weighted by Gasteiger charge is 2.27. The predicted molar refractivity (Wildman–Crippen MR) is 133 cm³/mol. The first-order valence-electron chi connectivity index (χ1n) is 11.9. The number of carbonyl (C=O) groups excluding carboxylic acids is 2. The van der Waals surface area contributed by atoms with Gasteiger partial charge in [0.05, 0.1) is 17.1 Å². The molecule has 3 unspecified atom stereocenters. The summed E-state index contributed by atoms with van der Waals surface area (Å²) in [4.78, 5) is 33.2. The van der Waals surface area contributed by atoms with Crippen molar-refractivity contribution in [1.82, 2.24) is 19.8 Å². The zero-order valence-corrected chi connectivity index (χ0v) is 20.6. The van der Waals surface area contributed by atoms with Crippen LogP contribution in [0.1, 0.15) is 75.2 Å². The Hall–Kier alpha value is -3.15. The highest BCUT2D eigenvalue weighted by atomic mass is 16.2. The number of amides is 2. The van der Waals surface area contributed by atoms with Crippen molar-refractivity contribution in [1.29, 1.82) is 0 Å². The molecule has 0 saturated heterocycles. The SMILES string of the molecule is CCC(C)N(C(=O)Cn1c(C(C)NC(=O)c2ccccc2C)nc2ccccc21)C(C)CC. The predicted octanol–water partition coefficient (Wildman–Crippen LogP) is 5.26. The van der Waals surface area contributed by atoms with Crippen LogP contribution in [0.15, 0.2) is 48.5 Å². The van der Waals surface area contributed by atoms with Gasteiger partial charge in [0.1, 0.15) is 12.4 Å². The monoisotopic (exact) mass is 448 g/mol. The van der Waals surface area contributed by atoms with Gasteiger partial charge in [0.15, 0.2) is 0 Å². The minimum atomic E-state index is -0.363. The van der Waals surface area contributed by atoms with Crippen molar-refractivity contribution in [3.63, 3.8) is 0 Å². The highest BCUT2D eigenvalue weighted by molar-refractivity contribution is 5.95. The van der Waals surface area contributed by atoms with Crippen LogP contribution in [0.5, 0.6) is 0 Å². The van der Waals surface area contributed by atoms with Gasteiger partial charge in [0.25, 0.3) is 5.91 Å². The van der Waals surface area contributed by atoms with Gasteiger partial charge in [-0.15, -0.1) is 0 Å². The second-order valence-electron chi connectivity index (χ2n) is 8.87. The second kappa shape index (κ2) is 10.6. The van der Waals surface area contributed by atoms with Gasteiger partial charge in [-0.05, 0) is 64.3 Å². The molecule has 0 aliphatic heterocycles. The van der Waals surface area contributed by atoms with Crippen LogP contribution in [0.2, 0.25) is 0 Å². The van der Waals surface area contributed by atoms with E-state index in [9.17, 15) is 9.59 Å². The van der Waals surface area contributed by atoms with Crippen molar-refractivity contribution >= 4 is 22.8 Å². The molecule has 3 atom stereocenters. The van der Waals surface area contributed by atoms with Crippen molar-refractivity contribution in [2.45, 2.75) is 79.1 Å². The van der Waals surface area contributed by atoms with Gasteiger partial charge >= 0.3 is 0 Å². The van der Waals surface area contributed by atoms with Crippen LogP contribution in [0.25, 0.3) is 11.0 Å². The number of hydrogen-bond acceptors (Lipinski definition) is 3. The lowest BCUT2D eigenvalue weighted by Crippen LogP contribution is -2.46. The van der Waals surface area contributed by atoms with Crippen LogP contribution in [0, 0.1) is 6.92 Å². The molecule has 1 N–H and O–H groups in total. The Bertz CT molecular complexity index is 1110. The third-order valence-electron chi connectivity index (χ3n) is 6.52. The minimum absolute atomic E-state index is 0.0699. The molecule has 33 heavy (non-hydrogen) atoms. The third-order valence-corrected chi connectivity index (χ3v) is 6.52. The molecule has 0 fully saturated rings. The van der Waals surface area contributed by atoms with Crippen molar-refractivity contribution < 1.29 is 9.59 Å². The van der Waals surface area contributed by atoms with Gasteiger partial charge < -0.3 is 14.8 Å². The Morgan fingerprint density at radius 2 is 1.58 bits per heavy atom. The van der Waals surface area contributed by atoms with Gasteiger partial charge in [-0.1, -0.05) is 44.2 Å². The summed E-state index contributed by atoms with van der Waals surface area (Å²) in [6.45, 7) is 12.4. The largest absolute Gasteiger partial charge is 0.342 e. The van der Waals surface area contributed by atoms with Crippen molar-refractivity contribution in [3.8, 4) is 0 Å². The first kappa shape index (κ1) is 24.5. The number of aryl methyl sites for hydroxylation is 1. The average Bonchev–Trinajstić information content (AvgIpc) is 3.17. The molecule has 6 nitrogen and oxygen atoms in total. The van der Waals surface area contributed by atoms with Crippen LogP contribution >= 0.6 is 0 Å². The number of benzene rings is 2. The first-order chi connectivity index (χ1) is 15.8. The number of nitrogens with one attached hydrogen (secondary N) is 1. The normalized spacial score (nSPS) is 14.0. The summed E-state index contributed by atoms with van der Waals surface area (Å²) in [5.74, 6) is 0.603. The number of rotatable bonds is 9. The van der Waals surface area contributed by atoms with E-state index in [0.717, 1.165) is 29.4 Å². The molecule has 0 aliphatic rings. The number of imidazole rings is 1. The Morgan fingerprint density at radius 1 is 0.970 bits per heavy atom. The molecule has 1 heterocycles. The molecule has 2 aromatic carbocycles. The van der Waals surface area contributed by atoms with E-state index in [1.807, 2.05) is 71.8 Å². The molecule has 1 aromatic heterocycles. The highest BCUT2D eigenvalue weighted by Crippen LogP contribution is 2.23. The lowest BCUT2D eigenvalue weighted by molar-refractivity contribution is -0.136. The summed E-state index contributed by atoms with van der Waals surface area (Å²) in [7, 11) is 0. The molecule has 0 saturated carbocycles. The van der Waals surface area contributed by atoms with Crippen molar-refractivity contribution in [3.05, 3.63) is 65.5 Å². The fourth-order valence-electron chi connectivity index (χ4n) is 4.29. The summed E-state index contributed by atoms with van der Waals surface area (Å²) in [5, 5.41) is 3.08. The molecule has 0 aliphatic carbocycles. The lowest BCUT2D eigenvalue weighted by Gasteiger charge is -2.34. The third kappa shape index (κ3) is 5.27. The molecule has 2 amide bonds. The Kier molecular flexibility index (Phi) is 7.90. The van der Waals surface area contributed by atoms with E-state index in [2.05, 4.69) is 33.0 Å². The molecule has 3 aromatic rings. The lowest BCUT2D eigenvalue weighted by atomic mass is 10.1. The molecule has 0 bridgehead atoms. The maximum Gasteiger partial charge on any atom is 0.252 e. The zero-order valence-electron chi connectivity index (χ0n) is 20.6. The van der Waals surface area contributed by atoms with Crippen LogP contribution < -0.4 is 5.32 Å². The fraction of sp³-hybridized carbons (Fsp3) is 0.444. The average molecular weight is 449 g/mol. The maximum atomic E-state index is 13.5. The number of fused-ring (bicyclic) bond motifs is 1. The van der Waals surface area contributed by atoms with Crippen molar-refractivity contribution in [2.75, 3.05) is 0 Å². The zero-order chi connectivity index (χ0) is 24.1. The molecule has 6 heteroatoms. The van der Waals surface area contributed by atoms with E-state index in [1.165, 1.54) is 0 Å². The Morgan fingerprint density at radius 3 is 2.21 bits per heavy atom. The van der Waals surface area contributed by atoms with E-state index in [-0.39, 0.29) is 36.5 Å². The summed E-state index contributed by atoms with van der Waals surface area (Å²) >= 11 is 0. The van der Waals surface area contributed by atoms with Crippen LogP contribution in [0.4, 0.5) is 0 Å². The van der Waals surface area contributed by atoms with E-state index >= 15 is 0 Å². The Balaban J connectivity index is 1.94. The van der Waals surface area contributed by atoms with E-state index < -0.39 is 0 Å². The van der Waals surface area contributed by atoms with Gasteiger partial charge in [0.2, 0.25) is 5.91 Å². The molecule has 0 spiro atoms. The van der Waals surface area contributed by atoms with Crippen molar-refractivity contribution in [2.24, 2.45) is 0 Å². The standard InChI is InChI=1S/C27H36N4O2/c1-7-19(4)31(20(5)8-2)25(32)17-30-24-16-12-11-15-23(24)29-26(30)21(6)28-27(33)22-14-10-9-13-18(22)3/h9-16,19-21H,7-8,17H2,1-6H3,(H,28,33). The smallest absolute Gasteiger partial charge is 0.252 e. The number of aromatic nitrogens is 2. The maximum absolute atomic E-state index is 13.5. The summed E-state index contributed by atoms with van der Waals surface area (Å²) in [6.07, 6.45) is 1.80. The summed E-state index contributed by atoms with van der Waals surface area (Å²) < 4.78 is 1.96. The molecule has 0 radical (unpaired) electrons. The van der Waals surface area contributed by atoms with Crippen LogP contribution in [-0.4, -0.2) is 38.3 Å². The van der Waals surface area contributed by atoms with E-state index in [0.29, 0.717) is 11.4 Å². The number of carbonyl (C=O) groups is 2. The second-order valence-corrected chi connectivity index (χ2v) is 8.87. The summed E-state index contributed by atoms with van der Waals surface area (Å²) in [5.41, 5.74) is 3.27. The van der Waals surface area contributed by atoms with Crippen LogP contribution in [-0.2, 0) is 11.3 Å². The summed E-state index contributed by atoms with van der Waals surface area (Å²) in [6, 6.07) is 15.3. The fourth-order valence-corrected chi connectivity index (χ4v) is 4.29. The van der Waals surface area contributed by atoms with Gasteiger partial charge in [-0.3, -0.25) is 9.59 Å². The topological polar surface area (TPSA) is 67.2 Å².